The van der Waals surface area contributed by atoms with Crippen molar-refractivity contribution in [3.63, 3.8) is 0 Å². The van der Waals surface area contributed by atoms with Crippen LogP contribution in [0.1, 0.15) is 43.5 Å². The number of nitrogens with one attached hydrogen (secondary N) is 1. The van der Waals surface area contributed by atoms with Crippen molar-refractivity contribution in [2.75, 3.05) is 44.2 Å². The summed E-state index contributed by atoms with van der Waals surface area (Å²) in [7, 11) is 0. The molecule has 1 aromatic rings. The van der Waals surface area contributed by atoms with Crippen molar-refractivity contribution in [3.8, 4) is 0 Å². The molecule has 2 aliphatic heterocycles. The fraction of sp³-hybridized carbons (Fsp3) is 0.650. The maximum atomic E-state index is 12.8. The summed E-state index contributed by atoms with van der Waals surface area (Å²) in [6, 6.07) is 3.80. The molecule has 1 amide bonds. The van der Waals surface area contributed by atoms with Crippen LogP contribution in [0.15, 0.2) is 18.3 Å². The topological polar surface area (TPSA) is 65.5 Å². The minimum atomic E-state index is -0.0109. The first kappa shape index (κ1) is 18.8. The highest BCUT2D eigenvalue weighted by Crippen LogP contribution is 2.22. The second-order valence-corrected chi connectivity index (χ2v) is 7.80. The first-order valence-corrected chi connectivity index (χ1v) is 9.78. The zero-order chi connectivity index (χ0) is 18.5. The van der Waals surface area contributed by atoms with E-state index in [0.717, 1.165) is 51.4 Å². The third-order valence-corrected chi connectivity index (χ3v) is 5.21. The number of Topliss-reactive ketones (excluding diaryl/α,β-unsaturated/α-hetero) is 1. The Morgan fingerprint density at radius 2 is 2.00 bits per heavy atom. The fourth-order valence-corrected chi connectivity index (χ4v) is 3.77. The largest absolute Gasteiger partial charge is 0.354 e. The van der Waals surface area contributed by atoms with E-state index in [1.807, 2.05) is 17.0 Å². The molecule has 6 nitrogen and oxygen atoms in total. The molecule has 2 saturated heterocycles. The third-order valence-electron chi connectivity index (χ3n) is 5.21. The van der Waals surface area contributed by atoms with E-state index in [2.05, 4.69) is 29.0 Å². The summed E-state index contributed by atoms with van der Waals surface area (Å²) in [5, 5.41) is 3.32. The van der Waals surface area contributed by atoms with Crippen molar-refractivity contribution in [2.24, 2.45) is 11.8 Å². The highest BCUT2D eigenvalue weighted by molar-refractivity contribution is 5.94. The summed E-state index contributed by atoms with van der Waals surface area (Å²) in [6.45, 7) is 9.19. The molecular weight excluding hydrogens is 328 g/mol. The molecule has 3 heterocycles. The van der Waals surface area contributed by atoms with E-state index in [9.17, 15) is 9.59 Å². The lowest BCUT2D eigenvalue weighted by atomic mass is 9.89. The standard InChI is InChI=1S/C20H30N4O2/c1-15(2)12-18(25)17-4-3-9-24(14-17)20(26)16-5-6-19(22-13-16)23-10-7-21-8-11-23/h5-6,13,15,17,21H,3-4,7-12,14H2,1-2H3/t17-/m0/s1. The van der Waals surface area contributed by atoms with Crippen LogP contribution in [0.2, 0.25) is 0 Å². The van der Waals surface area contributed by atoms with Gasteiger partial charge >= 0.3 is 0 Å². The lowest BCUT2D eigenvalue weighted by molar-refractivity contribution is -0.124. The molecule has 0 bridgehead atoms. The summed E-state index contributed by atoms with van der Waals surface area (Å²) in [6.07, 6.45) is 4.08. The highest BCUT2D eigenvalue weighted by atomic mass is 16.2. The van der Waals surface area contributed by atoms with Crippen LogP contribution in [0.5, 0.6) is 0 Å². The molecule has 0 aromatic carbocycles. The minimum Gasteiger partial charge on any atom is -0.354 e. The van der Waals surface area contributed by atoms with Gasteiger partial charge in [-0.15, -0.1) is 0 Å². The number of ketones is 1. The van der Waals surface area contributed by atoms with Crippen LogP contribution in [0.3, 0.4) is 0 Å². The first-order chi connectivity index (χ1) is 12.5. The Bertz CT molecular complexity index is 623. The van der Waals surface area contributed by atoms with E-state index in [4.69, 9.17) is 0 Å². The van der Waals surface area contributed by atoms with Gasteiger partial charge in [0.1, 0.15) is 11.6 Å². The summed E-state index contributed by atoms with van der Waals surface area (Å²) < 4.78 is 0. The summed E-state index contributed by atoms with van der Waals surface area (Å²) in [5.41, 5.74) is 0.612. The molecular formula is C20H30N4O2. The van der Waals surface area contributed by atoms with Gasteiger partial charge < -0.3 is 15.1 Å². The van der Waals surface area contributed by atoms with Crippen LogP contribution in [-0.2, 0) is 4.79 Å². The number of likely N-dealkylation sites (tertiary alicyclic amines) is 1. The molecule has 0 spiro atoms. The normalized spacial score (nSPS) is 21.1. The lowest BCUT2D eigenvalue weighted by Crippen LogP contribution is -2.44. The maximum absolute atomic E-state index is 12.8. The quantitative estimate of drug-likeness (QED) is 0.872. The second-order valence-electron chi connectivity index (χ2n) is 7.80. The minimum absolute atomic E-state index is 0.00796. The van der Waals surface area contributed by atoms with Gasteiger partial charge in [0.25, 0.3) is 5.91 Å². The number of piperazine rings is 1. The Morgan fingerprint density at radius 1 is 1.23 bits per heavy atom. The number of rotatable bonds is 5. The highest BCUT2D eigenvalue weighted by Gasteiger charge is 2.29. The number of amides is 1. The molecule has 26 heavy (non-hydrogen) atoms. The van der Waals surface area contributed by atoms with Crippen LogP contribution in [0.25, 0.3) is 0 Å². The zero-order valence-electron chi connectivity index (χ0n) is 15.9. The molecule has 0 radical (unpaired) electrons. The number of carbonyl (C=O) groups excluding carboxylic acids is 2. The van der Waals surface area contributed by atoms with Crippen LogP contribution in [-0.4, -0.2) is 60.8 Å². The molecule has 2 aliphatic rings. The number of piperidine rings is 1. The lowest BCUT2D eigenvalue weighted by Gasteiger charge is -2.32. The predicted octanol–water partition coefficient (Wildman–Crippen LogP) is 1.96. The van der Waals surface area contributed by atoms with Crippen LogP contribution in [0.4, 0.5) is 5.82 Å². The smallest absolute Gasteiger partial charge is 0.255 e. The Hall–Kier alpha value is -1.95. The van der Waals surface area contributed by atoms with Crippen LogP contribution in [0, 0.1) is 11.8 Å². The van der Waals surface area contributed by atoms with Gasteiger partial charge in [-0.25, -0.2) is 4.98 Å². The van der Waals surface area contributed by atoms with Crippen LogP contribution < -0.4 is 10.2 Å². The van der Waals surface area contributed by atoms with Gasteiger partial charge in [-0.05, 0) is 30.9 Å². The van der Waals surface area contributed by atoms with Crippen molar-refractivity contribution >= 4 is 17.5 Å². The molecule has 6 heteroatoms. The first-order valence-electron chi connectivity index (χ1n) is 9.78. The summed E-state index contributed by atoms with van der Waals surface area (Å²) in [5.74, 6) is 1.57. The van der Waals surface area contributed by atoms with Crippen LogP contribution >= 0.6 is 0 Å². The van der Waals surface area contributed by atoms with E-state index in [1.54, 1.807) is 6.20 Å². The number of aromatic nitrogens is 1. The average molecular weight is 358 g/mol. The van der Waals surface area contributed by atoms with Gasteiger partial charge in [0, 0.05) is 57.8 Å². The van der Waals surface area contributed by atoms with Crippen molar-refractivity contribution < 1.29 is 9.59 Å². The number of hydrogen-bond donors (Lipinski definition) is 1. The van der Waals surface area contributed by atoms with Gasteiger partial charge in [-0.1, -0.05) is 13.8 Å². The molecule has 3 rings (SSSR count). The fourth-order valence-electron chi connectivity index (χ4n) is 3.77. The third kappa shape index (κ3) is 4.61. The Labute approximate surface area is 156 Å². The monoisotopic (exact) mass is 358 g/mol. The zero-order valence-corrected chi connectivity index (χ0v) is 15.9. The van der Waals surface area contributed by atoms with Gasteiger partial charge in [-0.3, -0.25) is 9.59 Å². The van der Waals surface area contributed by atoms with Crippen molar-refractivity contribution in [2.45, 2.75) is 33.1 Å². The molecule has 1 N–H and O–H groups in total. The van der Waals surface area contributed by atoms with Crippen molar-refractivity contribution in [1.82, 2.24) is 15.2 Å². The van der Waals surface area contributed by atoms with Crippen molar-refractivity contribution in [3.05, 3.63) is 23.9 Å². The Morgan fingerprint density at radius 3 is 2.65 bits per heavy atom. The molecule has 2 fully saturated rings. The van der Waals surface area contributed by atoms with Gasteiger partial charge in [0.15, 0.2) is 0 Å². The predicted molar refractivity (Wildman–Crippen MR) is 102 cm³/mol. The summed E-state index contributed by atoms with van der Waals surface area (Å²) in [4.78, 5) is 33.8. The van der Waals surface area contributed by atoms with E-state index in [-0.39, 0.29) is 11.8 Å². The van der Waals surface area contributed by atoms with E-state index in [0.29, 0.717) is 30.2 Å². The van der Waals surface area contributed by atoms with Gasteiger partial charge in [0.2, 0.25) is 0 Å². The average Bonchev–Trinajstić information content (AvgIpc) is 2.68. The molecule has 142 valence electrons. The molecule has 0 saturated carbocycles. The SMILES string of the molecule is CC(C)CC(=O)[C@H]1CCCN(C(=O)c2ccc(N3CCNCC3)nc2)C1. The number of pyridine rings is 1. The maximum Gasteiger partial charge on any atom is 0.255 e. The molecule has 0 unspecified atom stereocenters. The summed E-state index contributed by atoms with van der Waals surface area (Å²) >= 11 is 0. The Kier molecular flexibility index (Phi) is 6.25. The number of carbonyl (C=O) groups is 2. The molecule has 0 aliphatic carbocycles. The molecule has 1 atom stereocenters. The number of anilines is 1. The van der Waals surface area contributed by atoms with Gasteiger partial charge in [-0.2, -0.15) is 0 Å². The van der Waals surface area contributed by atoms with Crippen molar-refractivity contribution in [1.29, 1.82) is 0 Å². The number of nitrogens with zero attached hydrogens (tertiary/aromatic N) is 3. The van der Waals surface area contributed by atoms with E-state index < -0.39 is 0 Å². The van der Waals surface area contributed by atoms with E-state index in [1.165, 1.54) is 0 Å². The van der Waals surface area contributed by atoms with E-state index >= 15 is 0 Å². The number of hydrogen-bond acceptors (Lipinski definition) is 5. The Balaban J connectivity index is 1.62. The second kappa shape index (κ2) is 8.62. The molecule has 1 aromatic heterocycles. The van der Waals surface area contributed by atoms with Gasteiger partial charge in [0.05, 0.1) is 5.56 Å².